The average molecular weight is 273 g/mol. The Morgan fingerprint density at radius 3 is 2.85 bits per heavy atom. The number of hydrogen-bond acceptors (Lipinski definition) is 4. The highest BCUT2D eigenvalue weighted by Gasteiger charge is 2.15. The van der Waals surface area contributed by atoms with Crippen LogP contribution in [-0.2, 0) is 13.0 Å². The maximum Gasteiger partial charge on any atom is 0.115 e. The van der Waals surface area contributed by atoms with Gasteiger partial charge in [0.15, 0.2) is 0 Å². The summed E-state index contributed by atoms with van der Waals surface area (Å²) in [5, 5.41) is 8.08. The zero-order valence-electron chi connectivity index (χ0n) is 12.5. The Kier molecular flexibility index (Phi) is 5.24. The van der Waals surface area contributed by atoms with Crippen molar-refractivity contribution in [1.29, 1.82) is 0 Å². The zero-order valence-corrected chi connectivity index (χ0v) is 12.5. The molecule has 0 radical (unpaired) electrons. The van der Waals surface area contributed by atoms with Crippen molar-refractivity contribution >= 4 is 0 Å². The van der Waals surface area contributed by atoms with Gasteiger partial charge in [0.1, 0.15) is 6.33 Å². The van der Waals surface area contributed by atoms with Crippen LogP contribution in [0.3, 0.4) is 0 Å². The average Bonchev–Trinajstić information content (AvgIpc) is 2.84. The molecule has 0 bridgehead atoms. The van der Waals surface area contributed by atoms with Gasteiger partial charge in [0.2, 0.25) is 0 Å². The van der Waals surface area contributed by atoms with Gasteiger partial charge in [0, 0.05) is 24.9 Å². The van der Waals surface area contributed by atoms with E-state index in [-0.39, 0.29) is 6.04 Å². The van der Waals surface area contributed by atoms with Crippen LogP contribution < -0.4 is 5.32 Å². The Labute approximate surface area is 120 Å². The first kappa shape index (κ1) is 14.7. The fourth-order valence-corrected chi connectivity index (χ4v) is 2.35. The van der Waals surface area contributed by atoms with E-state index in [0.717, 1.165) is 37.3 Å². The SMILES string of the molecule is CCCNC(Cc1cc(C)nn1CC)c1ccncn1. The van der Waals surface area contributed by atoms with Gasteiger partial charge in [-0.1, -0.05) is 6.92 Å². The van der Waals surface area contributed by atoms with Crippen molar-refractivity contribution < 1.29 is 0 Å². The number of aryl methyl sites for hydroxylation is 2. The first-order chi connectivity index (χ1) is 9.74. The van der Waals surface area contributed by atoms with E-state index in [1.54, 1.807) is 12.5 Å². The molecule has 0 saturated carbocycles. The van der Waals surface area contributed by atoms with Crippen molar-refractivity contribution in [2.24, 2.45) is 0 Å². The number of nitrogens with zero attached hydrogens (tertiary/aromatic N) is 4. The Morgan fingerprint density at radius 2 is 2.20 bits per heavy atom. The molecule has 0 aliphatic heterocycles. The van der Waals surface area contributed by atoms with E-state index in [1.807, 2.05) is 13.0 Å². The molecule has 2 aromatic rings. The Bertz CT molecular complexity index is 520. The highest BCUT2D eigenvalue weighted by molar-refractivity contribution is 5.14. The summed E-state index contributed by atoms with van der Waals surface area (Å²) in [5.74, 6) is 0. The number of aromatic nitrogens is 4. The van der Waals surface area contributed by atoms with E-state index in [2.05, 4.69) is 45.0 Å². The zero-order chi connectivity index (χ0) is 14.4. The maximum atomic E-state index is 4.51. The van der Waals surface area contributed by atoms with Crippen LogP contribution in [0.15, 0.2) is 24.7 Å². The molecule has 2 aromatic heterocycles. The van der Waals surface area contributed by atoms with Gasteiger partial charge in [-0.3, -0.25) is 4.68 Å². The molecule has 1 unspecified atom stereocenters. The van der Waals surface area contributed by atoms with E-state index in [9.17, 15) is 0 Å². The lowest BCUT2D eigenvalue weighted by molar-refractivity contribution is 0.493. The van der Waals surface area contributed by atoms with Crippen molar-refractivity contribution in [2.45, 2.75) is 46.2 Å². The highest BCUT2D eigenvalue weighted by Crippen LogP contribution is 2.17. The molecule has 0 aliphatic carbocycles. The minimum absolute atomic E-state index is 0.208. The van der Waals surface area contributed by atoms with Gasteiger partial charge in [-0.2, -0.15) is 5.10 Å². The molecule has 2 heterocycles. The Balaban J connectivity index is 2.19. The van der Waals surface area contributed by atoms with Gasteiger partial charge in [0.05, 0.1) is 17.4 Å². The highest BCUT2D eigenvalue weighted by atomic mass is 15.3. The second-order valence-corrected chi connectivity index (χ2v) is 4.94. The summed E-state index contributed by atoms with van der Waals surface area (Å²) < 4.78 is 2.07. The van der Waals surface area contributed by atoms with Crippen LogP contribution in [-0.4, -0.2) is 26.3 Å². The van der Waals surface area contributed by atoms with Gasteiger partial charge in [-0.05, 0) is 38.9 Å². The van der Waals surface area contributed by atoms with Crippen LogP contribution in [0.1, 0.15) is 43.4 Å². The summed E-state index contributed by atoms with van der Waals surface area (Å²) >= 11 is 0. The molecule has 0 saturated heterocycles. The van der Waals surface area contributed by atoms with Crippen molar-refractivity contribution in [3.8, 4) is 0 Å². The predicted molar refractivity (Wildman–Crippen MR) is 79.4 cm³/mol. The van der Waals surface area contributed by atoms with E-state index >= 15 is 0 Å². The van der Waals surface area contributed by atoms with E-state index < -0.39 is 0 Å². The first-order valence-electron chi connectivity index (χ1n) is 7.27. The summed E-state index contributed by atoms with van der Waals surface area (Å²) in [6.07, 6.45) is 5.41. The van der Waals surface area contributed by atoms with Crippen LogP contribution in [0.5, 0.6) is 0 Å². The third kappa shape index (κ3) is 3.63. The predicted octanol–water partition coefficient (Wildman–Crippen LogP) is 2.28. The van der Waals surface area contributed by atoms with Crippen molar-refractivity contribution in [3.05, 3.63) is 41.7 Å². The summed E-state index contributed by atoms with van der Waals surface area (Å²) in [5.41, 5.74) is 3.35. The third-order valence-corrected chi connectivity index (χ3v) is 3.30. The van der Waals surface area contributed by atoms with Gasteiger partial charge >= 0.3 is 0 Å². The quantitative estimate of drug-likeness (QED) is 0.841. The normalized spacial score (nSPS) is 12.6. The van der Waals surface area contributed by atoms with Crippen LogP contribution in [0.4, 0.5) is 0 Å². The molecular formula is C15H23N5. The fourth-order valence-electron chi connectivity index (χ4n) is 2.35. The minimum Gasteiger partial charge on any atom is -0.308 e. The van der Waals surface area contributed by atoms with Gasteiger partial charge < -0.3 is 5.32 Å². The van der Waals surface area contributed by atoms with Crippen LogP contribution in [0.25, 0.3) is 0 Å². The topological polar surface area (TPSA) is 55.6 Å². The molecule has 5 nitrogen and oxygen atoms in total. The van der Waals surface area contributed by atoms with E-state index in [4.69, 9.17) is 0 Å². The van der Waals surface area contributed by atoms with E-state index in [0.29, 0.717) is 0 Å². The lowest BCUT2D eigenvalue weighted by atomic mass is 10.1. The summed E-state index contributed by atoms with van der Waals surface area (Å²) in [6.45, 7) is 8.20. The lowest BCUT2D eigenvalue weighted by Crippen LogP contribution is -2.26. The molecule has 108 valence electrons. The van der Waals surface area contributed by atoms with E-state index in [1.165, 1.54) is 5.69 Å². The monoisotopic (exact) mass is 273 g/mol. The smallest absolute Gasteiger partial charge is 0.115 e. The fraction of sp³-hybridized carbons (Fsp3) is 0.533. The Hall–Kier alpha value is -1.75. The van der Waals surface area contributed by atoms with Crippen LogP contribution in [0, 0.1) is 6.92 Å². The van der Waals surface area contributed by atoms with Gasteiger partial charge in [-0.25, -0.2) is 9.97 Å². The van der Waals surface area contributed by atoms with Gasteiger partial charge in [0.25, 0.3) is 0 Å². The molecule has 1 N–H and O–H groups in total. The van der Waals surface area contributed by atoms with Crippen molar-refractivity contribution in [1.82, 2.24) is 25.1 Å². The molecule has 2 rings (SSSR count). The van der Waals surface area contributed by atoms with Crippen LogP contribution >= 0.6 is 0 Å². The third-order valence-electron chi connectivity index (χ3n) is 3.30. The molecular weight excluding hydrogens is 250 g/mol. The molecule has 0 aliphatic rings. The summed E-state index contributed by atoms with van der Waals surface area (Å²) in [7, 11) is 0. The second-order valence-electron chi connectivity index (χ2n) is 4.94. The van der Waals surface area contributed by atoms with Crippen molar-refractivity contribution in [2.75, 3.05) is 6.54 Å². The standard InChI is InChI=1S/C15H23N5/c1-4-7-17-15(14-6-8-16-11-18-14)10-13-9-12(3)19-20(13)5-2/h6,8-9,11,15,17H,4-5,7,10H2,1-3H3. The van der Waals surface area contributed by atoms with Crippen molar-refractivity contribution in [3.63, 3.8) is 0 Å². The molecule has 0 fully saturated rings. The molecule has 5 heteroatoms. The Morgan fingerprint density at radius 1 is 1.35 bits per heavy atom. The molecule has 20 heavy (non-hydrogen) atoms. The minimum atomic E-state index is 0.208. The summed E-state index contributed by atoms with van der Waals surface area (Å²) in [6, 6.07) is 4.34. The number of hydrogen-bond donors (Lipinski definition) is 1. The first-order valence-corrected chi connectivity index (χ1v) is 7.27. The van der Waals surface area contributed by atoms with Gasteiger partial charge in [-0.15, -0.1) is 0 Å². The number of rotatable bonds is 7. The summed E-state index contributed by atoms with van der Waals surface area (Å²) in [4.78, 5) is 8.38. The lowest BCUT2D eigenvalue weighted by Gasteiger charge is -2.18. The second kappa shape index (κ2) is 7.14. The molecule has 0 amide bonds. The maximum absolute atomic E-state index is 4.51. The molecule has 1 atom stereocenters. The molecule has 0 spiro atoms. The molecule has 0 aromatic carbocycles. The largest absolute Gasteiger partial charge is 0.308 e. The van der Waals surface area contributed by atoms with Crippen LogP contribution in [0.2, 0.25) is 0 Å². The number of nitrogens with one attached hydrogen (secondary N) is 1.